The Morgan fingerprint density at radius 2 is 2.07 bits per heavy atom. The SMILES string of the molecule is C[C@H]1CO[C@@H](Cc2ccc(Br)cc2)O1. The smallest absolute Gasteiger partial charge is 0.162 e. The monoisotopic (exact) mass is 256 g/mol. The molecule has 1 aliphatic heterocycles. The first-order valence-corrected chi connectivity index (χ1v) is 5.55. The van der Waals surface area contributed by atoms with Crippen LogP contribution < -0.4 is 0 Å². The average molecular weight is 257 g/mol. The van der Waals surface area contributed by atoms with E-state index in [1.807, 2.05) is 19.1 Å². The van der Waals surface area contributed by atoms with Crippen molar-refractivity contribution in [1.82, 2.24) is 0 Å². The highest BCUT2D eigenvalue weighted by Gasteiger charge is 2.22. The first-order valence-electron chi connectivity index (χ1n) is 4.75. The van der Waals surface area contributed by atoms with Gasteiger partial charge in [0.2, 0.25) is 0 Å². The minimum atomic E-state index is -0.0637. The zero-order valence-electron chi connectivity index (χ0n) is 8.07. The van der Waals surface area contributed by atoms with Crippen molar-refractivity contribution >= 4 is 15.9 Å². The summed E-state index contributed by atoms with van der Waals surface area (Å²) in [6.45, 7) is 2.74. The van der Waals surface area contributed by atoms with E-state index in [4.69, 9.17) is 9.47 Å². The molecule has 2 nitrogen and oxygen atoms in total. The zero-order valence-corrected chi connectivity index (χ0v) is 9.66. The third-order valence-corrected chi connectivity index (χ3v) is 2.75. The van der Waals surface area contributed by atoms with E-state index in [1.54, 1.807) is 0 Å². The van der Waals surface area contributed by atoms with Crippen molar-refractivity contribution in [2.24, 2.45) is 0 Å². The summed E-state index contributed by atoms with van der Waals surface area (Å²) in [5.74, 6) is 0. The van der Waals surface area contributed by atoms with Crippen LogP contribution in [0, 0.1) is 0 Å². The summed E-state index contributed by atoms with van der Waals surface area (Å²) < 4.78 is 12.1. The van der Waals surface area contributed by atoms with Crippen LogP contribution in [0.1, 0.15) is 12.5 Å². The van der Waals surface area contributed by atoms with Gasteiger partial charge in [0, 0.05) is 10.9 Å². The maximum absolute atomic E-state index is 5.56. The van der Waals surface area contributed by atoms with E-state index in [2.05, 4.69) is 28.1 Å². The molecule has 1 heterocycles. The van der Waals surface area contributed by atoms with Crippen LogP contribution >= 0.6 is 15.9 Å². The van der Waals surface area contributed by atoms with E-state index in [1.165, 1.54) is 5.56 Å². The number of benzene rings is 1. The molecule has 0 aliphatic carbocycles. The van der Waals surface area contributed by atoms with Crippen LogP contribution in [0.25, 0.3) is 0 Å². The predicted molar refractivity (Wildman–Crippen MR) is 58.1 cm³/mol. The van der Waals surface area contributed by atoms with Gasteiger partial charge in [-0.05, 0) is 24.6 Å². The van der Waals surface area contributed by atoms with Gasteiger partial charge in [-0.1, -0.05) is 28.1 Å². The molecule has 0 N–H and O–H groups in total. The summed E-state index contributed by atoms with van der Waals surface area (Å²) in [6, 6.07) is 8.24. The molecule has 2 atom stereocenters. The lowest BCUT2D eigenvalue weighted by molar-refractivity contribution is -0.0528. The largest absolute Gasteiger partial charge is 0.350 e. The van der Waals surface area contributed by atoms with Crippen molar-refractivity contribution in [2.75, 3.05) is 6.61 Å². The molecule has 1 fully saturated rings. The van der Waals surface area contributed by atoms with Crippen molar-refractivity contribution in [3.63, 3.8) is 0 Å². The second kappa shape index (κ2) is 4.43. The Morgan fingerprint density at radius 3 is 2.64 bits per heavy atom. The second-order valence-corrected chi connectivity index (χ2v) is 4.46. The fraction of sp³-hybridized carbons (Fsp3) is 0.455. The molecule has 0 unspecified atom stereocenters. The van der Waals surface area contributed by atoms with Crippen LogP contribution in [-0.2, 0) is 15.9 Å². The van der Waals surface area contributed by atoms with Crippen molar-refractivity contribution in [3.05, 3.63) is 34.3 Å². The van der Waals surface area contributed by atoms with E-state index >= 15 is 0 Å². The van der Waals surface area contributed by atoms with Gasteiger partial charge >= 0.3 is 0 Å². The summed E-state index contributed by atoms with van der Waals surface area (Å²) in [4.78, 5) is 0. The Labute approximate surface area is 92.3 Å². The Balaban J connectivity index is 1.94. The lowest BCUT2D eigenvalue weighted by Gasteiger charge is -2.09. The molecule has 0 bridgehead atoms. The Hall–Kier alpha value is -0.380. The third-order valence-electron chi connectivity index (χ3n) is 2.22. The van der Waals surface area contributed by atoms with Crippen molar-refractivity contribution in [3.8, 4) is 0 Å². The molecule has 76 valence electrons. The number of rotatable bonds is 2. The molecule has 0 amide bonds. The summed E-state index contributed by atoms with van der Waals surface area (Å²) in [6.07, 6.45) is 0.999. The summed E-state index contributed by atoms with van der Waals surface area (Å²) >= 11 is 3.41. The highest BCUT2D eigenvalue weighted by Crippen LogP contribution is 2.17. The van der Waals surface area contributed by atoms with Crippen LogP contribution in [0.3, 0.4) is 0 Å². The van der Waals surface area contributed by atoms with Crippen LogP contribution in [0.4, 0.5) is 0 Å². The fourth-order valence-electron chi connectivity index (χ4n) is 1.50. The maximum atomic E-state index is 5.56. The molecule has 2 rings (SSSR count). The summed E-state index contributed by atoms with van der Waals surface area (Å²) in [5.41, 5.74) is 1.24. The Bertz CT molecular complexity index is 297. The van der Waals surface area contributed by atoms with Crippen molar-refractivity contribution in [2.45, 2.75) is 25.7 Å². The van der Waals surface area contributed by atoms with Crippen LogP contribution in [-0.4, -0.2) is 19.0 Å². The van der Waals surface area contributed by atoms with E-state index < -0.39 is 0 Å². The second-order valence-electron chi connectivity index (χ2n) is 3.54. The van der Waals surface area contributed by atoms with Gasteiger partial charge in [0.25, 0.3) is 0 Å². The molecular formula is C11H13BrO2. The summed E-state index contributed by atoms with van der Waals surface area (Å²) in [5, 5.41) is 0. The van der Waals surface area contributed by atoms with Crippen molar-refractivity contribution < 1.29 is 9.47 Å². The van der Waals surface area contributed by atoms with E-state index in [0.717, 1.165) is 10.9 Å². The van der Waals surface area contributed by atoms with Gasteiger partial charge < -0.3 is 9.47 Å². The standard InChI is InChI=1S/C11H13BrO2/c1-8-7-13-11(14-8)6-9-2-4-10(12)5-3-9/h2-5,8,11H,6-7H2,1H3/t8-,11+/m0/s1. The van der Waals surface area contributed by atoms with E-state index in [-0.39, 0.29) is 12.4 Å². The minimum absolute atomic E-state index is 0.0637. The number of ether oxygens (including phenoxy) is 2. The van der Waals surface area contributed by atoms with Crippen LogP contribution in [0.5, 0.6) is 0 Å². The van der Waals surface area contributed by atoms with Gasteiger partial charge in [-0.15, -0.1) is 0 Å². The van der Waals surface area contributed by atoms with Gasteiger partial charge in [-0.3, -0.25) is 0 Å². The highest BCUT2D eigenvalue weighted by molar-refractivity contribution is 9.10. The first kappa shape index (κ1) is 10.1. The number of hydrogen-bond acceptors (Lipinski definition) is 2. The molecule has 0 aromatic heterocycles. The Kier molecular flexibility index (Phi) is 3.21. The highest BCUT2D eigenvalue weighted by atomic mass is 79.9. The van der Waals surface area contributed by atoms with Crippen LogP contribution in [0.15, 0.2) is 28.7 Å². The normalized spacial score (nSPS) is 26.7. The van der Waals surface area contributed by atoms with Gasteiger partial charge in [0.05, 0.1) is 12.7 Å². The average Bonchev–Trinajstić information content (AvgIpc) is 2.56. The quantitative estimate of drug-likeness (QED) is 0.811. The third kappa shape index (κ3) is 2.56. The molecule has 1 aliphatic rings. The van der Waals surface area contributed by atoms with Crippen molar-refractivity contribution in [1.29, 1.82) is 0 Å². The van der Waals surface area contributed by atoms with E-state index in [0.29, 0.717) is 6.61 Å². The molecule has 1 saturated heterocycles. The molecule has 1 aromatic rings. The molecule has 1 aromatic carbocycles. The lowest BCUT2D eigenvalue weighted by Crippen LogP contribution is -2.12. The first-order chi connectivity index (χ1) is 6.74. The number of halogens is 1. The van der Waals surface area contributed by atoms with Gasteiger partial charge in [0.15, 0.2) is 6.29 Å². The fourth-order valence-corrected chi connectivity index (χ4v) is 1.76. The zero-order chi connectivity index (χ0) is 9.97. The van der Waals surface area contributed by atoms with Crippen LogP contribution in [0.2, 0.25) is 0 Å². The van der Waals surface area contributed by atoms with Gasteiger partial charge in [-0.25, -0.2) is 0 Å². The molecule has 0 spiro atoms. The van der Waals surface area contributed by atoms with Gasteiger partial charge in [0.1, 0.15) is 0 Å². The molecule has 14 heavy (non-hydrogen) atoms. The summed E-state index contributed by atoms with van der Waals surface area (Å²) in [7, 11) is 0. The Morgan fingerprint density at radius 1 is 1.36 bits per heavy atom. The molecule has 0 radical (unpaired) electrons. The topological polar surface area (TPSA) is 18.5 Å². The van der Waals surface area contributed by atoms with E-state index in [9.17, 15) is 0 Å². The lowest BCUT2D eigenvalue weighted by atomic mass is 10.1. The van der Waals surface area contributed by atoms with Gasteiger partial charge in [-0.2, -0.15) is 0 Å². The molecule has 0 saturated carbocycles. The maximum Gasteiger partial charge on any atom is 0.162 e. The number of hydrogen-bond donors (Lipinski definition) is 0. The molecule has 3 heteroatoms. The predicted octanol–water partition coefficient (Wildman–Crippen LogP) is 2.75. The minimum Gasteiger partial charge on any atom is -0.350 e. The molecular weight excluding hydrogens is 244 g/mol.